The van der Waals surface area contributed by atoms with Gasteiger partial charge in [0.05, 0.1) is 5.69 Å². The summed E-state index contributed by atoms with van der Waals surface area (Å²) in [4.78, 5) is 0. The molecule has 2 rings (SSSR count). The molecule has 1 aromatic rings. The predicted octanol–water partition coefficient (Wildman–Crippen LogP) is 1.80. The fourth-order valence-corrected chi connectivity index (χ4v) is 1.93. The van der Waals surface area contributed by atoms with Gasteiger partial charge in [0.25, 0.3) is 0 Å². The summed E-state index contributed by atoms with van der Waals surface area (Å²) in [6.45, 7) is 3.03. The fraction of sp³-hybridized carbons (Fsp3) is 0.556. The Morgan fingerprint density at radius 3 is 3.07 bits per heavy atom. The van der Waals surface area contributed by atoms with Gasteiger partial charge in [-0.3, -0.25) is 0 Å². The Bertz CT molecular complexity index is 339. The van der Waals surface area contributed by atoms with Crippen molar-refractivity contribution in [2.45, 2.75) is 6.42 Å². The van der Waals surface area contributed by atoms with Gasteiger partial charge >= 0.3 is 0 Å². The molecule has 1 aromatic heterocycles. The Hall–Kier alpha value is -0.580. The van der Waals surface area contributed by atoms with Crippen LogP contribution in [0.4, 0.5) is 5.69 Å². The van der Waals surface area contributed by atoms with Gasteiger partial charge in [0.2, 0.25) is 0 Å². The van der Waals surface area contributed by atoms with E-state index in [9.17, 15) is 0 Å². The number of rotatable bonds is 3. The number of nitrogens with zero attached hydrogens (tertiary/aromatic N) is 2. The van der Waals surface area contributed by atoms with Crippen molar-refractivity contribution in [3.63, 3.8) is 0 Å². The highest BCUT2D eigenvalue weighted by Crippen LogP contribution is 2.21. The lowest BCUT2D eigenvalue weighted by Gasteiger charge is -2.11. The molecule has 6 heteroatoms. The molecule has 1 unspecified atom stereocenters. The van der Waals surface area contributed by atoms with E-state index in [-0.39, 0.29) is 0 Å². The van der Waals surface area contributed by atoms with Gasteiger partial charge in [-0.1, -0.05) is 23.2 Å². The van der Waals surface area contributed by atoms with E-state index >= 15 is 0 Å². The van der Waals surface area contributed by atoms with E-state index in [0.29, 0.717) is 16.2 Å². The molecular weight excluding hydrogens is 235 g/mol. The summed E-state index contributed by atoms with van der Waals surface area (Å²) in [5, 5.41) is 14.6. The molecule has 2 heterocycles. The SMILES string of the molecule is Clc1cc(NCC2CCNC2)c(Cl)nn1. The second-order valence-electron chi connectivity index (χ2n) is 3.61. The largest absolute Gasteiger partial charge is 0.382 e. The molecule has 1 atom stereocenters. The van der Waals surface area contributed by atoms with E-state index in [2.05, 4.69) is 20.8 Å². The summed E-state index contributed by atoms with van der Waals surface area (Å²) in [5.74, 6) is 0.646. The molecule has 15 heavy (non-hydrogen) atoms. The third kappa shape index (κ3) is 2.93. The normalized spacial score (nSPS) is 20.5. The van der Waals surface area contributed by atoms with Gasteiger partial charge in [-0.25, -0.2) is 0 Å². The van der Waals surface area contributed by atoms with Gasteiger partial charge in [0.1, 0.15) is 0 Å². The molecule has 1 saturated heterocycles. The van der Waals surface area contributed by atoms with E-state index in [1.54, 1.807) is 6.07 Å². The van der Waals surface area contributed by atoms with Crippen molar-refractivity contribution in [2.24, 2.45) is 5.92 Å². The van der Waals surface area contributed by atoms with E-state index < -0.39 is 0 Å². The highest BCUT2D eigenvalue weighted by molar-refractivity contribution is 6.33. The molecule has 0 bridgehead atoms. The number of aromatic nitrogens is 2. The van der Waals surface area contributed by atoms with Gasteiger partial charge in [0.15, 0.2) is 10.3 Å². The van der Waals surface area contributed by atoms with Crippen molar-refractivity contribution in [3.8, 4) is 0 Å². The van der Waals surface area contributed by atoms with Crippen LogP contribution < -0.4 is 10.6 Å². The zero-order valence-electron chi connectivity index (χ0n) is 8.13. The van der Waals surface area contributed by atoms with Crippen LogP contribution in [-0.4, -0.2) is 29.8 Å². The summed E-state index contributed by atoms with van der Waals surface area (Å²) >= 11 is 11.6. The van der Waals surface area contributed by atoms with Crippen LogP contribution in [0.15, 0.2) is 6.07 Å². The highest BCUT2D eigenvalue weighted by atomic mass is 35.5. The predicted molar refractivity (Wildman–Crippen MR) is 61.5 cm³/mol. The minimum Gasteiger partial charge on any atom is -0.382 e. The second kappa shape index (κ2) is 4.96. The van der Waals surface area contributed by atoms with Crippen molar-refractivity contribution in [1.29, 1.82) is 0 Å². The average Bonchev–Trinajstić information content (AvgIpc) is 2.72. The molecule has 2 N–H and O–H groups in total. The molecule has 0 radical (unpaired) electrons. The summed E-state index contributed by atoms with van der Waals surface area (Å²) in [6, 6.07) is 1.69. The zero-order valence-corrected chi connectivity index (χ0v) is 9.65. The van der Waals surface area contributed by atoms with Gasteiger partial charge in [-0.15, -0.1) is 10.2 Å². The second-order valence-corrected chi connectivity index (χ2v) is 4.36. The van der Waals surface area contributed by atoms with Gasteiger partial charge < -0.3 is 10.6 Å². The molecule has 0 spiro atoms. The molecular formula is C9H12Cl2N4. The molecule has 4 nitrogen and oxygen atoms in total. The Balaban J connectivity index is 1.94. The molecule has 1 aliphatic heterocycles. The van der Waals surface area contributed by atoms with Crippen LogP contribution in [-0.2, 0) is 0 Å². The first kappa shape index (κ1) is 10.9. The van der Waals surface area contributed by atoms with Crippen LogP contribution in [0.1, 0.15) is 6.42 Å². The third-order valence-electron chi connectivity index (χ3n) is 2.46. The third-order valence-corrected chi connectivity index (χ3v) is 2.93. The topological polar surface area (TPSA) is 49.8 Å². The Labute approximate surface area is 98.4 Å². The van der Waals surface area contributed by atoms with Crippen molar-refractivity contribution < 1.29 is 0 Å². The van der Waals surface area contributed by atoms with Gasteiger partial charge in [-0.2, -0.15) is 0 Å². The minimum atomic E-state index is 0.353. The molecule has 1 fully saturated rings. The summed E-state index contributed by atoms with van der Waals surface area (Å²) < 4.78 is 0. The lowest BCUT2D eigenvalue weighted by Crippen LogP contribution is -2.17. The summed E-state index contributed by atoms with van der Waals surface area (Å²) in [7, 11) is 0. The first-order valence-electron chi connectivity index (χ1n) is 4.89. The molecule has 0 amide bonds. The van der Waals surface area contributed by atoms with Crippen LogP contribution in [0, 0.1) is 5.92 Å². The fourth-order valence-electron chi connectivity index (χ4n) is 1.62. The molecule has 1 aliphatic rings. The smallest absolute Gasteiger partial charge is 0.174 e. The lowest BCUT2D eigenvalue weighted by atomic mass is 10.1. The Morgan fingerprint density at radius 1 is 1.47 bits per heavy atom. The maximum Gasteiger partial charge on any atom is 0.174 e. The van der Waals surface area contributed by atoms with E-state index in [1.165, 1.54) is 6.42 Å². The standard InChI is InChI=1S/C9H12Cl2N4/c10-8-3-7(9(11)15-14-8)13-5-6-1-2-12-4-6/h3,6,12H,1-2,4-5H2,(H,13,14). The van der Waals surface area contributed by atoms with E-state index in [0.717, 1.165) is 25.3 Å². The summed E-state index contributed by atoms with van der Waals surface area (Å²) in [6.07, 6.45) is 1.19. The number of hydrogen-bond donors (Lipinski definition) is 2. The van der Waals surface area contributed by atoms with E-state index in [4.69, 9.17) is 23.2 Å². The van der Waals surface area contributed by atoms with Crippen LogP contribution in [0.2, 0.25) is 10.3 Å². The van der Waals surface area contributed by atoms with Crippen molar-refractivity contribution in [1.82, 2.24) is 15.5 Å². The van der Waals surface area contributed by atoms with Crippen molar-refractivity contribution in [3.05, 3.63) is 16.4 Å². The quantitative estimate of drug-likeness (QED) is 0.855. The monoisotopic (exact) mass is 246 g/mol. The maximum absolute atomic E-state index is 5.87. The van der Waals surface area contributed by atoms with E-state index in [1.807, 2.05) is 0 Å². The maximum atomic E-state index is 5.87. The van der Waals surface area contributed by atoms with Crippen LogP contribution in [0.25, 0.3) is 0 Å². The number of halogens is 2. The molecule has 0 aliphatic carbocycles. The zero-order chi connectivity index (χ0) is 10.7. The van der Waals surface area contributed by atoms with Crippen molar-refractivity contribution >= 4 is 28.9 Å². The molecule has 0 aromatic carbocycles. The Kier molecular flexibility index (Phi) is 3.61. The highest BCUT2D eigenvalue weighted by Gasteiger charge is 2.14. The molecule has 0 saturated carbocycles. The van der Waals surface area contributed by atoms with Crippen molar-refractivity contribution in [2.75, 3.05) is 25.0 Å². The molecule has 82 valence electrons. The van der Waals surface area contributed by atoms with Gasteiger partial charge in [0, 0.05) is 12.6 Å². The number of hydrogen-bond acceptors (Lipinski definition) is 4. The minimum absolute atomic E-state index is 0.353. The van der Waals surface area contributed by atoms with Crippen LogP contribution in [0.3, 0.4) is 0 Å². The number of nitrogens with one attached hydrogen (secondary N) is 2. The first-order valence-corrected chi connectivity index (χ1v) is 5.64. The average molecular weight is 247 g/mol. The Morgan fingerprint density at radius 2 is 2.33 bits per heavy atom. The summed E-state index contributed by atoms with van der Waals surface area (Å²) in [5.41, 5.74) is 0.753. The first-order chi connectivity index (χ1) is 7.25. The number of anilines is 1. The van der Waals surface area contributed by atoms with Crippen LogP contribution in [0.5, 0.6) is 0 Å². The van der Waals surface area contributed by atoms with Crippen LogP contribution >= 0.6 is 23.2 Å². The lowest BCUT2D eigenvalue weighted by molar-refractivity contribution is 0.615. The van der Waals surface area contributed by atoms with Gasteiger partial charge in [-0.05, 0) is 25.4 Å².